The Balaban J connectivity index is 1.66. The van der Waals surface area contributed by atoms with Crippen LogP contribution in [-0.2, 0) is 19.1 Å². The molecule has 228 valence electrons. The zero-order valence-electron chi connectivity index (χ0n) is 25.7. The van der Waals surface area contributed by atoms with E-state index in [-0.39, 0.29) is 36.3 Å². The van der Waals surface area contributed by atoms with Crippen LogP contribution in [0.15, 0.2) is 48.6 Å². The van der Waals surface area contributed by atoms with Gasteiger partial charge in [-0.15, -0.1) is 0 Å². The molecule has 7 atom stereocenters. The highest BCUT2D eigenvalue weighted by Gasteiger charge is 2.76. The highest BCUT2D eigenvalue weighted by Crippen LogP contribution is 2.59. The van der Waals surface area contributed by atoms with Crippen LogP contribution < -0.4 is 9.64 Å². The third-order valence-corrected chi connectivity index (χ3v) is 9.84. The van der Waals surface area contributed by atoms with Crippen LogP contribution in [0.25, 0.3) is 0 Å². The minimum absolute atomic E-state index is 0.0663. The van der Waals surface area contributed by atoms with Crippen molar-refractivity contribution in [1.82, 2.24) is 9.80 Å². The summed E-state index contributed by atoms with van der Waals surface area (Å²) in [4.78, 5) is 48.9. The first kappa shape index (κ1) is 30.3. The summed E-state index contributed by atoms with van der Waals surface area (Å²) in [5, 5.41) is 10.6. The molecule has 1 N–H and O–H groups in total. The van der Waals surface area contributed by atoms with Crippen LogP contribution in [0, 0.1) is 17.8 Å². The molecule has 1 unspecified atom stereocenters. The van der Waals surface area contributed by atoms with E-state index in [1.807, 2.05) is 90.1 Å². The van der Waals surface area contributed by atoms with Gasteiger partial charge in [-0.3, -0.25) is 14.4 Å². The summed E-state index contributed by atoms with van der Waals surface area (Å²) >= 11 is 0. The van der Waals surface area contributed by atoms with Gasteiger partial charge in [0.2, 0.25) is 17.7 Å². The Labute approximate surface area is 249 Å². The standard InChI is InChI=1S/C33H45N3O6/c1-7-22(6)25(20-37)36-28-31(40)34(21(4)5)18-11-17-33(28)27(30(36)39)26-29(38)35(19-10-16-32(26,8-2)42-33)23-12-14-24(15-13-23)41-9-3/h10-17,21-22,25-28,37H,7-9,18-20H2,1-6H3/t22-,25-,26-,27-,28?,32+,33-/m0/s1. The van der Waals surface area contributed by atoms with Gasteiger partial charge < -0.3 is 29.3 Å². The fraction of sp³-hybridized carbons (Fsp3) is 0.606. The number of anilines is 1. The highest BCUT2D eigenvalue weighted by atomic mass is 16.5. The van der Waals surface area contributed by atoms with Crippen molar-refractivity contribution in [2.45, 2.75) is 83.7 Å². The number of hydrogen-bond donors (Lipinski definition) is 1. The second kappa shape index (κ2) is 11.5. The van der Waals surface area contributed by atoms with Gasteiger partial charge in [0.25, 0.3) is 0 Å². The summed E-state index contributed by atoms with van der Waals surface area (Å²) in [6.07, 6.45) is 8.83. The minimum Gasteiger partial charge on any atom is -0.494 e. The van der Waals surface area contributed by atoms with Gasteiger partial charge in [0, 0.05) is 24.8 Å². The summed E-state index contributed by atoms with van der Waals surface area (Å²) in [6.45, 7) is 12.7. The van der Waals surface area contributed by atoms with Crippen LogP contribution >= 0.6 is 0 Å². The molecule has 9 heteroatoms. The van der Waals surface area contributed by atoms with E-state index >= 15 is 0 Å². The molecule has 0 aliphatic carbocycles. The lowest BCUT2D eigenvalue weighted by atomic mass is 9.73. The summed E-state index contributed by atoms with van der Waals surface area (Å²) in [5.74, 6) is -1.86. The predicted molar refractivity (Wildman–Crippen MR) is 160 cm³/mol. The summed E-state index contributed by atoms with van der Waals surface area (Å²) in [6, 6.07) is 5.71. The lowest BCUT2D eigenvalue weighted by Gasteiger charge is -2.42. The largest absolute Gasteiger partial charge is 0.494 e. The number of rotatable bonds is 9. The molecule has 0 aromatic heterocycles. The van der Waals surface area contributed by atoms with Crippen molar-refractivity contribution in [2.75, 3.05) is 31.2 Å². The van der Waals surface area contributed by atoms with Gasteiger partial charge in [-0.25, -0.2) is 0 Å². The zero-order valence-corrected chi connectivity index (χ0v) is 25.7. The first-order chi connectivity index (χ1) is 20.1. The normalized spacial score (nSPS) is 32.0. The number of nitrogens with zero attached hydrogens (tertiary/aromatic N) is 3. The van der Waals surface area contributed by atoms with E-state index in [4.69, 9.17) is 9.47 Å². The Kier molecular flexibility index (Phi) is 8.29. The molecule has 2 fully saturated rings. The maximum Gasteiger partial charge on any atom is 0.249 e. The van der Waals surface area contributed by atoms with Crippen molar-refractivity contribution in [3.63, 3.8) is 0 Å². The molecule has 1 spiro atoms. The molecule has 0 radical (unpaired) electrons. The van der Waals surface area contributed by atoms with Crippen LogP contribution in [0.5, 0.6) is 5.75 Å². The van der Waals surface area contributed by atoms with E-state index in [1.165, 1.54) is 0 Å². The van der Waals surface area contributed by atoms with Crippen molar-refractivity contribution in [3.05, 3.63) is 48.6 Å². The summed E-state index contributed by atoms with van der Waals surface area (Å²) in [5.41, 5.74) is -1.71. The number of carbonyl (C=O) groups is 3. The van der Waals surface area contributed by atoms with Crippen molar-refractivity contribution >= 4 is 23.4 Å². The number of fused-ring (bicyclic) bond motifs is 2. The van der Waals surface area contributed by atoms with E-state index in [0.717, 1.165) is 0 Å². The average Bonchev–Trinajstić information content (AvgIpc) is 3.26. The quantitative estimate of drug-likeness (QED) is 0.449. The van der Waals surface area contributed by atoms with Crippen molar-refractivity contribution in [1.29, 1.82) is 0 Å². The molecule has 3 amide bonds. The van der Waals surface area contributed by atoms with E-state index in [0.29, 0.717) is 44.0 Å². The first-order valence-corrected chi connectivity index (χ1v) is 15.4. The van der Waals surface area contributed by atoms with Crippen molar-refractivity contribution in [3.8, 4) is 5.75 Å². The number of amides is 3. The lowest BCUT2D eigenvalue weighted by molar-refractivity contribution is -0.157. The third-order valence-electron chi connectivity index (χ3n) is 9.84. The molecule has 42 heavy (non-hydrogen) atoms. The highest BCUT2D eigenvalue weighted by molar-refractivity contribution is 6.04. The minimum atomic E-state index is -1.35. The molecule has 1 aromatic rings. The molecule has 5 rings (SSSR count). The molecule has 0 saturated carbocycles. The maximum atomic E-state index is 14.8. The number of aliphatic hydroxyl groups excluding tert-OH is 1. The number of hydrogen-bond acceptors (Lipinski definition) is 6. The second-order valence-electron chi connectivity index (χ2n) is 12.3. The molecule has 4 heterocycles. The average molecular weight is 580 g/mol. The number of carbonyl (C=O) groups excluding carboxylic acids is 3. The summed E-state index contributed by atoms with van der Waals surface area (Å²) in [7, 11) is 0. The monoisotopic (exact) mass is 579 g/mol. The van der Waals surface area contributed by atoms with Crippen LogP contribution in [-0.4, -0.2) is 88.3 Å². The molecule has 4 aliphatic rings. The summed E-state index contributed by atoms with van der Waals surface area (Å²) < 4.78 is 12.7. The first-order valence-electron chi connectivity index (χ1n) is 15.4. The van der Waals surface area contributed by atoms with Gasteiger partial charge in [-0.2, -0.15) is 0 Å². The fourth-order valence-corrected chi connectivity index (χ4v) is 7.47. The topological polar surface area (TPSA) is 99.6 Å². The van der Waals surface area contributed by atoms with E-state index in [2.05, 4.69) is 0 Å². The SMILES string of the molecule is CCOc1ccc(N2CC=C[C@@]3(CC)O[C@]45C=CCN(C(C)C)C(=O)C4N([C@@H](CO)[C@@H](C)CC)C(=O)[C@@H]5[C@H]3C2=O)cc1. The molecule has 2 saturated heterocycles. The Bertz CT molecular complexity index is 1260. The smallest absolute Gasteiger partial charge is 0.249 e. The molecule has 0 bridgehead atoms. The molecule has 1 aromatic carbocycles. The van der Waals surface area contributed by atoms with Gasteiger partial charge >= 0.3 is 0 Å². The predicted octanol–water partition coefficient (Wildman–Crippen LogP) is 3.56. The third kappa shape index (κ3) is 4.47. The zero-order chi connectivity index (χ0) is 30.4. The number of benzene rings is 1. The maximum absolute atomic E-state index is 14.8. The van der Waals surface area contributed by atoms with Crippen molar-refractivity contribution < 1.29 is 29.0 Å². The van der Waals surface area contributed by atoms with Crippen molar-refractivity contribution in [2.24, 2.45) is 17.8 Å². The molecule has 9 nitrogen and oxygen atoms in total. The van der Waals surface area contributed by atoms with E-state index in [1.54, 1.807) is 14.7 Å². The van der Waals surface area contributed by atoms with Gasteiger partial charge in [-0.1, -0.05) is 51.5 Å². The van der Waals surface area contributed by atoms with Gasteiger partial charge in [-0.05, 0) is 57.4 Å². The molecule has 4 aliphatic heterocycles. The van der Waals surface area contributed by atoms with Gasteiger partial charge in [0.1, 0.15) is 17.4 Å². The lowest BCUT2D eigenvalue weighted by Crippen LogP contribution is -2.60. The molecular formula is C33H45N3O6. The Hall–Kier alpha value is -3.17. The number of aliphatic hydroxyl groups is 1. The van der Waals surface area contributed by atoms with E-state index in [9.17, 15) is 19.5 Å². The van der Waals surface area contributed by atoms with Gasteiger partial charge in [0.05, 0.1) is 36.7 Å². The Morgan fingerprint density at radius 3 is 2.24 bits per heavy atom. The number of ether oxygens (including phenoxy) is 2. The van der Waals surface area contributed by atoms with Crippen LogP contribution in [0.4, 0.5) is 5.69 Å². The number of likely N-dealkylation sites (tertiary alicyclic amines) is 1. The fourth-order valence-electron chi connectivity index (χ4n) is 7.47. The second-order valence-corrected chi connectivity index (χ2v) is 12.3. The van der Waals surface area contributed by atoms with Crippen LogP contribution in [0.3, 0.4) is 0 Å². The van der Waals surface area contributed by atoms with Gasteiger partial charge in [0.15, 0.2) is 0 Å². The van der Waals surface area contributed by atoms with E-state index < -0.39 is 35.1 Å². The Morgan fingerprint density at radius 2 is 1.64 bits per heavy atom. The van der Waals surface area contributed by atoms with Crippen LogP contribution in [0.2, 0.25) is 0 Å². The van der Waals surface area contributed by atoms with Crippen LogP contribution in [0.1, 0.15) is 54.4 Å². The molecular weight excluding hydrogens is 534 g/mol. The Morgan fingerprint density at radius 1 is 0.952 bits per heavy atom.